The molecule has 78 valence electrons. The predicted octanol–water partition coefficient (Wildman–Crippen LogP) is 2.56. The first-order chi connectivity index (χ1) is 7.27. The third kappa shape index (κ3) is 1.50. The van der Waals surface area contributed by atoms with Gasteiger partial charge in [-0.05, 0) is 30.7 Å². The Bertz CT molecular complexity index is 494. The van der Waals surface area contributed by atoms with Crippen LogP contribution in [0.3, 0.4) is 0 Å². The SMILES string of the molecule is COc1ccc2c(C)ccnc2c1OC. The van der Waals surface area contributed by atoms with Crippen LogP contribution in [-0.2, 0) is 0 Å². The number of aromatic nitrogens is 1. The Kier molecular flexibility index (Phi) is 2.46. The van der Waals surface area contributed by atoms with Crippen LogP contribution in [0, 0.1) is 6.92 Å². The van der Waals surface area contributed by atoms with Gasteiger partial charge >= 0.3 is 0 Å². The van der Waals surface area contributed by atoms with Gasteiger partial charge in [0.25, 0.3) is 0 Å². The van der Waals surface area contributed by atoms with Crippen LogP contribution in [0.1, 0.15) is 5.56 Å². The highest BCUT2D eigenvalue weighted by Crippen LogP contribution is 2.34. The second kappa shape index (κ2) is 3.77. The van der Waals surface area contributed by atoms with Gasteiger partial charge < -0.3 is 9.47 Å². The lowest BCUT2D eigenvalue weighted by Gasteiger charge is -2.10. The fraction of sp³-hybridized carbons (Fsp3) is 0.250. The zero-order chi connectivity index (χ0) is 10.8. The van der Waals surface area contributed by atoms with Gasteiger partial charge in [-0.2, -0.15) is 0 Å². The van der Waals surface area contributed by atoms with E-state index in [9.17, 15) is 0 Å². The number of pyridine rings is 1. The zero-order valence-electron chi connectivity index (χ0n) is 9.07. The molecule has 0 unspecified atom stereocenters. The Morgan fingerprint density at radius 3 is 2.53 bits per heavy atom. The van der Waals surface area contributed by atoms with Crippen molar-refractivity contribution in [1.29, 1.82) is 0 Å². The van der Waals surface area contributed by atoms with E-state index >= 15 is 0 Å². The molecule has 0 aliphatic heterocycles. The molecule has 0 N–H and O–H groups in total. The maximum Gasteiger partial charge on any atom is 0.187 e. The van der Waals surface area contributed by atoms with Gasteiger partial charge in [0.2, 0.25) is 0 Å². The standard InChI is InChI=1S/C12H13NO2/c1-8-6-7-13-11-9(8)4-5-10(14-2)12(11)15-3/h4-7H,1-3H3. The van der Waals surface area contributed by atoms with E-state index in [1.807, 2.05) is 18.2 Å². The lowest BCUT2D eigenvalue weighted by atomic mass is 10.1. The summed E-state index contributed by atoms with van der Waals surface area (Å²) >= 11 is 0. The summed E-state index contributed by atoms with van der Waals surface area (Å²) in [7, 11) is 3.25. The molecule has 0 spiro atoms. The normalized spacial score (nSPS) is 10.3. The minimum Gasteiger partial charge on any atom is -0.493 e. The molecule has 2 rings (SSSR count). The Labute approximate surface area is 88.7 Å². The van der Waals surface area contributed by atoms with E-state index in [-0.39, 0.29) is 0 Å². The average Bonchev–Trinajstić information content (AvgIpc) is 2.28. The van der Waals surface area contributed by atoms with Gasteiger partial charge in [0, 0.05) is 11.6 Å². The molecule has 0 atom stereocenters. The van der Waals surface area contributed by atoms with E-state index in [1.54, 1.807) is 20.4 Å². The van der Waals surface area contributed by atoms with Crippen LogP contribution in [0.25, 0.3) is 10.9 Å². The van der Waals surface area contributed by atoms with Gasteiger partial charge in [-0.15, -0.1) is 0 Å². The number of ether oxygens (including phenoxy) is 2. The van der Waals surface area contributed by atoms with Crippen LogP contribution >= 0.6 is 0 Å². The van der Waals surface area contributed by atoms with Gasteiger partial charge in [-0.25, -0.2) is 0 Å². The van der Waals surface area contributed by atoms with Gasteiger partial charge in [0.15, 0.2) is 11.5 Å². The molecule has 0 aliphatic rings. The summed E-state index contributed by atoms with van der Waals surface area (Å²) in [6.45, 7) is 2.05. The smallest absolute Gasteiger partial charge is 0.187 e. The van der Waals surface area contributed by atoms with Crippen molar-refractivity contribution in [3.63, 3.8) is 0 Å². The van der Waals surface area contributed by atoms with Crippen molar-refractivity contribution in [3.05, 3.63) is 30.0 Å². The van der Waals surface area contributed by atoms with Crippen molar-refractivity contribution in [3.8, 4) is 11.5 Å². The van der Waals surface area contributed by atoms with Gasteiger partial charge in [0.1, 0.15) is 5.52 Å². The average molecular weight is 203 g/mol. The van der Waals surface area contributed by atoms with Crippen molar-refractivity contribution < 1.29 is 9.47 Å². The number of nitrogens with zero attached hydrogens (tertiary/aromatic N) is 1. The summed E-state index contributed by atoms with van der Waals surface area (Å²) in [6.07, 6.45) is 1.78. The zero-order valence-corrected chi connectivity index (χ0v) is 9.07. The number of aryl methyl sites for hydroxylation is 1. The molecule has 0 fully saturated rings. The Morgan fingerprint density at radius 1 is 1.07 bits per heavy atom. The molecule has 0 amide bonds. The first kappa shape index (κ1) is 9.77. The van der Waals surface area contributed by atoms with Gasteiger partial charge in [0.05, 0.1) is 14.2 Å². The van der Waals surface area contributed by atoms with Crippen LogP contribution in [0.15, 0.2) is 24.4 Å². The second-order valence-electron chi connectivity index (χ2n) is 3.33. The highest BCUT2D eigenvalue weighted by Gasteiger charge is 2.10. The fourth-order valence-electron chi connectivity index (χ4n) is 1.67. The van der Waals surface area contributed by atoms with E-state index in [1.165, 1.54) is 5.56 Å². The Morgan fingerprint density at radius 2 is 1.87 bits per heavy atom. The van der Waals surface area contributed by atoms with Gasteiger partial charge in [-0.1, -0.05) is 0 Å². The third-order valence-corrected chi connectivity index (χ3v) is 2.47. The molecule has 2 aromatic rings. The minimum atomic E-state index is 0.693. The van der Waals surface area contributed by atoms with Crippen LogP contribution < -0.4 is 9.47 Å². The highest BCUT2D eigenvalue weighted by molar-refractivity contribution is 5.89. The molecule has 0 aliphatic carbocycles. The lowest BCUT2D eigenvalue weighted by Crippen LogP contribution is -1.93. The van der Waals surface area contributed by atoms with E-state index in [0.29, 0.717) is 11.5 Å². The van der Waals surface area contributed by atoms with Crippen LogP contribution in [0.2, 0.25) is 0 Å². The summed E-state index contributed by atoms with van der Waals surface area (Å²) in [4.78, 5) is 4.32. The largest absolute Gasteiger partial charge is 0.493 e. The molecule has 0 saturated heterocycles. The summed E-state index contributed by atoms with van der Waals surface area (Å²) in [5.41, 5.74) is 2.03. The number of hydrogen-bond acceptors (Lipinski definition) is 3. The molecule has 0 saturated carbocycles. The number of fused-ring (bicyclic) bond motifs is 1. The summed E-state index contributed by atoms with van der Waals surface area (Å²) in [6, 6.07) is 5.88. The maximum absolute atomic E-state index is 5.32. The van der Waals surface area contributed by atoms with E-state index in [2.05, 4.69) is 11.9 Å². The highest BCUT2D eigenvalue weighted by atomic mass is 16.5. The number of rotatable bonds is 2. The predicted molar refractivity (Wildman–Crippen MR) is 59.6 cm³/mol. The van der Waals surface area contributed by atoms with Crippen molar-refractivity contribution in [2.75, 3.05) is 14.2 Å². The van der Waals surface area contributed by atoms with Crippen LogP contribution in [0.4, 0.5) is 0 Å². The maximum atomic E-state index is 5.32. The molecule has 0 bridgehead atoms. The van der Waals surface area contributed by atoms with Crippen LogP contribution in [-0.4, -0.2) is 19.2 Å². The number of benzene rings is 1. The van der Waals surface area contributed by atoms with E-state index < -0.39 is 0 Å². The topological polar surface area (TPSA) is 31.4 Å². The van der Waals surface area contributed by atoms with Crippen molar-refractivity contribution in [2.24, 2.45) is 0 Å². The number of hydrogen-bond donors (Lipinski definition) is 0. The summed E-state index contributed by atoms with van der Waals surface area (Å²) in [5, 5.41) is 1.09. The Hall–Kier alpha value is -1.77. The Balaban J connectivity index is 2.82. The van der Waals surface area contributed by atoms with Crippen molar-refractivity contribution in [1.82, 2.24) is 4.98 Å². The monoisotopic (exact) mass is 203 g/mol. The first-order valence-electron chi connectivity index (χ1n) is 4.74. The molecule has 3 heteroatoms. The molecule has 0 radical (unpaired) electrons. The summed E-state index contributed by atoms with van der Waals surface area (Å²) in [5.74, 6) is 1.40. The molecular weight excluding hydrogens is 190 g/mol. The van der Waals surface area contributed by atoms with E-state index in [0.717, 1.165) is 10.9 Å². The molecule has 1 aromatic carbocycles. The minimum absolute atomic E-state index is 0.693. The molecule has 3 nitrogen and oxygen atoms in total. The van der Waals surface area contributed by atoms with Crippen molar-refractivity contribution >= 4 is 10.9 Å². The summed E-state index contributed by atoms with van der Waals surface area (Å²) < 4.78 is 10.5. The molecular formula is C12H13NO2. The van der Waals surface area contributed by atoms with Crippen molar-refractivity contribution in [2.45, 2.75) is 6.92 Å². The molecule has 1 aromatic heterocycles. The molecule has 15 heavy (non-hydrogen) atoms. The fourth-order valence-corrected chi connectivity index (χ4v) is 1.67. The first-order valence-corrected chi connectivity index (χ1v) is 4.74. The second-order valence-corrected chi connectivity index (χ2v) is 3.33. The van der Waals surface area contributed by atoms with Crippen LogP contribution in [0.5, 0.6) is 11.5 Å². The lowest BCUT2D eigenvalue weighted by molar-refractivity contribution is 0.358. The number of methoxy groups -OCH3 is 2. The quantitative estimate of drug-likeness (QED) is 0.751. The van der Waals surface area contributed by atoms with E-state index in [4.69, 9.17) is 9.47 Å². The van der Waals surface area contributed by atoms with Gasteiger partial charge in [-0.3, -0.25) is 4.98 Å². The molecule has 1 heterocycles. The third-order valence-electron chi connectivity index (χ3n) is 2.47.